The van der Waals surface area contributed by atoms with Crippen LogP contribution in [0.1, 0.15) is 37.3 Å². The molecule has 0 saturated carbocycles. The van der Waals surface area contributed by atoms with Gasteiger partial charge in [-0.05, 0) is 63.0 Å². The molecule has 9 nitrogen and oxygen atoms in total. The molecular formula is C29H30F3N7O2. The molecule has 0 bridgehead atoms. The van der Waals surface area contributed by atoms with Gasteiger partial charge in [0.25, 0.3) is 0 Å². The molecule has 2 aliphatic rings. The number of nitrogen functional groups attached to an aromatic ring is 1. The van der Waals surface area contributed by atoms with Crippen LogP contribution in [0.15, 0.2) is 53.6 Å². The Morgan fingerprint density at radius 3 is 2.27 bits per heavy atom. The van der Waals surface area contributed by atoms with Crippen molar-refractivity contribution in [2.24, 2.45) is 5.92 Å². The first-order valence-electron chi connectivity index (χ1n) is 13.7. The quantitative estimate of drug-likeness (QED) is 0.396. The molecule has 0 radical (unpaired) electrons. The molecule has 2 N–H and O–H groups in total. The van der Waals surface area contributed by atoms with E-state index in [0.29, 0.717) is 38.0 Å². The van der Waals surface area contributed by atoms with Gasteiger partial charge in [0, 0.05) is 61.7 Å². The third-order valence-corrected chi connectivity index (χ3v) is 8.21. The maximum Gasteiger partial charge on any atom is 0.333 e. The number of hydrogen-bond donors (Lipinski definition) is 1. The Labute approximate surface area is 234 Å². The van der Waals surface area contributed by atoms with E-state index in [1.54, 1.807) is 17.0 Å². The van der Waals surface area contributed by atoms with Crippen molar-refractivity contribution in [1.29, 1.82) is 0 Å². The monoisotopic (exact) mass is 565 g/mol. The lowest BCUT2D eigenvalue weighted by Gasteiger charge is -2.37. The first-order chi connectivity index (χ1) is 19.8. The number of benzene rings is 2. The number of piperidine rings is 2. The Morgan fingerprint density at radius 1 is 0.878 bits per heavy atom. The second-order valence-electron chi connectivity index (χ2n) is 10.8. The molecule has 0 aliphatic carbocycles. The van der Waals surface area contributed by atoms with Crippen molar-refractivity contribution >= 4 is 22.9 Å². The Kier molecular flexibility index (Phi) is 7.24. The lowest BCUT2D eigenvalue weighted by molar-refractivity contribution is -0.138. The number of imidazole rings is 1. The summed E-state index contributed by atoms with van der Waals surface area (Å²) >= 11 is 0. The zero-order valence-corrected chi connectivity index (χ0v) is 22.3. The highest BCUT2D eigenvalue weighted by Crippen LogP contribution is 2.30. The van der Waals surface area contributed by atoms with E-state index in [1.807, 2.05) is 4.90 Å². The number of carbonyl (C=O) groups excluding carboxylic acids is 1. The fourth-order valence-corrected chi connectivity index (χ4v) is 6.07. The van der Waals surface area contributed by atoms with Gasteiger partial charge in [0.2, 0.25) is 11.9 Å². The average Bonchev–Trinajstić information content (AvgIpc) is 3.26. The molecule has 4 aromatic rings. The van der Waals surface area contributed by atoms with Gasteiger partial charge in [-0.25, -0.2) is 27.9 Å². The van der Waals surface area contributed by atoms with Crippen LogP contribution in [0.4, 0.5) is 19.1 Å². The number of halogens is 3. The third-order valence-electron chi connectivity index (χ3n) is 8.21. The second-order valence-corrected chi connectivity index (χ2v) is 10.8. The highest BCUT2D eigenvalue weighted by Gasteiger charge is 2.32. The third kappa shape index (κ3) is 5.31. The largest absolute Gasteiger partial charge is 0.368 e. The number of rotatable bonds is 5. The zero-order valence-electron chi connectivity index (χ0n) is 22.3. The summed E-state index contributed by atoms with van der Waals surface area (Å²) in [6, 6.07) is 6.98. The van der Waals surface area contributed by atoms with Gasteiger partial charge >= 0.3 is 5.69 Å². The summed E-state index contributed by atoms with van der Waals surface area (Å²) in [5, 5.41) is 0. The zero-order chi connectivity index (χ0) is 28.7. The van der Waals surface area contributed by atoms with Gasteiger partial charge in [0.1, 0.15) is 5.82 Å². The maximum absolute atomic E-state index is 14.2. The number of carbonyl (C=O) groups is 1. The standard InChI is InChI=1S/C29H30F3N7O2/c30-20-1-4-25-26(13-20)39(22-2-3-23(31)24(32)14-22)29(41)38(25)21-7-11-37(12-8-21)27(40)19-5-9-36(10-6-19)17-18-15-34-28(33)35-16-18/h1-4,13-16,19,21H,5-12,17H2,(H2,33,34,35). The minimum atomic E-state index is -1.09. The van der Waals surface area contributed by atoms with Crippen molar-refractivity contribution in [3.05, 3.63) is 82.3 Å². The summed E-state index contributed by atoms with van der Waals surface area (Å²) in [5.74, 6) is -2.34. The number of likely N-dealkylation sites (tertiary alicyclic amines) is 2. The van der Waals surface area contributed by atoms with Crippen LogP contribution >= 0.6 is 0 Å². The number of hydrogen-bond acceptors (Lipinski definition) is 6. The van der Waals surface area contributed by atoms with E-state index in [4.69, 9.17) is 5.73 Å². The van der Waals surface area contributed by atoms with Crippen molar-refractivity contribution < 1.29 is 18.0 Å². The Morgan fingerprint density at radius 2 is 1.59 bits per heavy atom. The molecule has 4 heterocycles. The SMILES string of the molecule is Nc1ncc(CN2CCC(C(=O)N3CCC(n4c(=O)n(-c5ccc(F)c(F)c5)c5cc(F)ccc54)CC3)CC2)cn1. The van der Waals surface area contributed by atoms with Crippen LogP contribution in [-0.4, -0.2) is 61.0 Å². The number of anilines is 1. The second kappa shape index (κ2) is 11.0. The summed E-state index contributed by atoms with van der Waals surface area (Å²) in [7, 11) is 0. The van der Waals surface area contributed by atoms with Gasteiger partial charge in [-0.3, -0.25) is 18.8 Å². The number of nitrogens with zero attached hydrogens (tertiary/aromatic N) is 6. The minimum absolute atomic E-state index is 0.0496. The van der Waals surface area contributed by atoms with Gasteiger partial charge < -0.3 is 10.6 Å². The van der Waals surface area contributed by atoms with Crippen molar-refractivity contribution in [3.63, 3.8) is 0 Å². The molecule has 0 atom stereocenters. The van der Waals surface area contributed by atoms with Crippen LogP contribution in [0.3, 0.4) is 0 Å². The van der Waals surface area contributed by atoms with Crippen molar-refractivity contribution in [1.82, 2.24) is 28.9 Å². The molecule has 2 fully saturated rings. The summed E-state index contributed by atoms with van der Waals surface area (Å²) in [6.45, 7) is 3.30. The van der Waals surface area contributed by atoms with Crippen molar-refractivity contribution in [2.75, 3.05) is 31.9 Å². The highest BCUT2D eigenvalue weighted by molar-refractivity contribution is 5.80. The van der Waals surface area contributed by atoms with Gasteiger partial charge in [-0.15, -0.1) is 0 Å². The predicted molar refractivity (Wildman–Crippen MR) is 147 cm³/mol. The molecule has 2 aromatic heterocycles. The predicted octanol–water partition coefficient (Wildman–Crippen LogP) is 3.66. The summed E-state index contributed by atoms with van der Waals surface area (Å²) in [5.41, 5.74) is 6.98. The topological polar surface area (TPSA) is 102 Å². The number of amides is 1. The maximum atomic E-state index is 14.2. The lowest BCUT2D eigenvalue weighted by atomic mass is 9.93. The fraction of sp³-hybridized carbons (Fsp3) is 0.379. The van der Waals surface area contributed by atoms with E-state index in [9.17, 15) is 22.8 Å². The molecule has 0 unspecified atom stereocenters. The lowest BCUT2D eigenvalue weighted by Crippen LogP contribution is -2.46. The smallest absolute Gasteiger partial charge is 0.333 e. The van der Waals surface area contributed by atoms with E-state index < -0.39 is 23.1 Å². The normalized spacial score (nSPS) is 17.4. The van der Waals surface area contributed by atoms with Gasteiger partial charge in [-0.2, -0.15) is 0 Å². The van der Waals surface area contributed by atoms with E-state index in [1.165, 1.54) is 28.8 Å². The van der Waals surface area contributed by atoms with Crippen LogP contribution < -0.4 is 11.4 Å². The van der Waals surface area contributed by atoms with Gasteiger partial charge in [-0.1, -0.05) is 0 Å². The van der Waals surface area contributed by atoms with Gasteiger partial charge in [0.05, 0.1) is 16.7 Å². The van der Waals surface area contributed by atoms with E-state index >= 15 is 0 Å². The summed E-state index contributed by atoms with van der Waals surface area (Å²) in [4.78, 5) is 39.2. The van der Waals surface area contributed by atoms with Crippen LogP contribution in [0.25, 0.3) is 16.7 Å². The van der Waals surface area contributed by atoms with E-state index in [2.05, 4.69) is 14.9 Å². The molecule has 0 spiro atoms. The molecule has 214 valence electrons. The first-order valence-corrected chi connectivity index (χ1v) is 13.7. The van der Waals surface area contributed by atoms with Gasteiger partial charge in [0.15, 0.2) is 11.6 Å². The van der Waals surface area contributed by atoms with Crippen molar-refractivity contribution in [2.45, 2.75) is 38.3 Å². The number of fused-ring (bicyclic) bond motifs is 1. The Balaban J connectivity index is 1.13. The molecule has 1 amide bonds. The summed E-state index contributed by atoms with van der Waals surface area (Å²) < 4.78 is 44.6. The molecule has 2 aromatic carbocycles. The van der Waals surface area contributed by atoms with Crippen LogP contribution in [0, 0.1) is 23.4 Å². The Hall–Kier alpha value is -4.19. The van der Waals surface area contributed by atoms with E-state index in [0.717, 1.165) is 43.6 Å². The van der Waals surface area contributed by atoms with Crippen LogP contribution in [0.2, 0.25) is 0 Å². The Bertz CT molecular complexity index is 1640. The average molecular weight is 566 g/mol. The molecular weight excluding hydrogens is 535 g/mol. The molecule has 12 heteroatoms. The van der Waals surface area contributed by atoms with Crippen molar-refractivity contribution in [3.8, 4) is 5.69 Å². The van der Waals surface area contributed by atoms with Crippen LogP contribution in [0.5, 0.6) is 0 Å². The first kappa shape index (κ1) is 27.0. The highest BCUT2D eigenvalue weighted by atomic mass is 19.2. The van der Waals surface area contributed by atoms with Crippen LogP contribution in [-0.2, 0) is 11.3 Å². The molecule has 2 saturated heterocycles. The number of aromatic nitrogens is 4. The van der Waals surface area contributed by atoms with E-state index in [-0.39, 0.29) is 35.0 Å². The fourth-order valence-electron chi connectivity index (χ4n) is 6.07. The molecule has 41 heavy (non-hydrogen) atoms. The number of nitrogens with two attached hydrogens (primary N) is 1. The molecule has 2 aliphatic heterocycles. The minimum Gasteiger partial charge on any atom is -0.368 e. The molecule has 6 rings (SSSR count). The summed E-state index contributed by atoms with van der Waals surface area (Å²) in [6.07, 6.45) is 6.08.